The van der Waals surface area contributed by atoms with Crippen LogP contribution in [0, 0.1) is 13.8 Å². The van der Waals surface area contributed by atoms with Crippen LogP contribution in [0.1, 0.15) is 55.7 Å². The molecule has 0 N–H and O–H groups in total. The summed E-state index contributed by atoms with van der Waals surface area (Å²) in [5.74, 6) is 1.08. The second kappa shape index (κ2) is 9.41. The zero-order valence-corrected chi connectivity index (χ0v) is 17.4. The van der Waals surface area contributed by atoms with E-state index < -0.39 is 0 Å². The van der Waals surface area contributed by atoms with Crippen molar-refractivity contribution in [3.63, 3.8) is 0 Å². The van der Waals surface area contributed by atoms with Crippen molar-refractivity contribution in [2.24, 2.45) is 0 Å². The Morgan fingerprint density at radius 2 is 1.41 bits per heavy atom. The molecule has 0 aliphatic carbocycles. The van der Waals surface area contributed by atoms with Gasteiger partial charge in [-0.1, -0.05) is 55.0 Å². The monoisotopic (exact) mass is 366 g/mol. The Hall–Kier alpha value is -1.80. The molecule has 0 amide bonds. The second-order valence-corrected chi connectivity index (χ2v) is 8.53. The molecule has 2 aromatic carbocycles. The maximum absolute atomic E-state index is 6.50. The average molecular weight is 367 g/mol. The van der Waals surface area contributed by atoms with Gasteiger partial charge in [0.05, 0.1) is 13.1 Å². The van der Waals surface area contributed by atoms with Crippen molar-refractivity contribution < 1.29 is 9.22 Å². The van der Waals surface area contributed by atoms with Crippen LogP contribution in [0.25, 0.3) is 0 Å². The number of quaternary nitrogens is 1. The smallest absolute Gasteiger partial charge is 0.145 e. The SMILES string of the molecule is Cc1cccc(C)c1O[C@@H](C)C[N+]1(Cc2ccccc2)CCCCCCC1. The number of hydrogen-bond acceptors (Lipinski definition) is 1. The van der Waals surface area contributed by atoms with E-state index in [0.717, 1.165) is 23.3 Å². The number of aryl methyl sites for hydroxylation is 2. The predicted molar refractivity (Wildman–Crippen MR) is 114 cm³/mol. The fraction of sp³-hybridized carbons (Fsp3) is 0.520. The van der Waals surface area contributed by atoms with E-state index in [2.05, 4.69) is 69.3 Å². The summed E-state index contributed by atoms with van der Waals surface area (Å²) in [5, 5.41) is 0. The van der Waals surface area contributed by atoms with Gasteiger partial charge in [-0.3, -0.25) is 0 Å². The standard InChI is InChI=1S/C25H36NO/c1-21-13-12-14-22(2)25(21)27-23(3)19-26(17-10-5-4-6-11-18-26)20-24-15-8-7-9-16-24/h7-9,12-16,23H,4-6,10-11,17-20H2,1-3H3/q+1/t23-/m0/s1. The van der Waals surface area contributed by atoms with Gasteiger partial charge in [0, 0.05) is 5.56 Å². The molecule has 0 saturated carbocycles. The number of hydrogen-bond donors (Lipinski definition) is 0. The quantitative estimate of drug-likeness (QED) is 0.565. The first-order chi connectivity index (χ1) is 13.1. The average Bonchev–Trinajstić information content (AvgIpc) is 2.63. The lowest BCUT2D eigenvalue weighted by atomic mass is 10.0. The van der Waals surface area contributed by atoms with Crippen LogP contribution in [-0.4, -0.2) is 30.2 Å². The number of rotatable bonds is 6. The van der Waals surface area contributed by atoms with Gasteiger partial charge in [-0.05, 0) is 57.6 Å². The zero-order chi connectivity index (χ0) is 19.1. The number of benzene rings is 2. The molecule has 1 aliphatic heterocycles. The van der Waals surface area contributed by atoms with Crippen LogP contribution in [0.3, 0.4) is 0 Å². The van der Waals surface area contributed by atoms with E-state index in [1.807, 2.05) is 0 Å². The van der Waals surface area contributed by atoms with Crippen molar-refractivity contribution in [3.05, 3.63) is 65.2 Å². The topological polar surface area (TPSA) is 9.23 Å². The molecule has 0 aromatic heterocycles. The normalized spacial score (nSPS) is 18.3. The van der Waals surface area contributed by atoms with Gasteiger partial charge in [-0.15, -0.1) is 0 Å². The molecule has 1 saturated heterocycles. The van der Waals surface area contributed by atoms with Gasteiger partial charge in [-0.2, -0.15) is 0 Å². The van der Waals surface area contributed by atoms with E-state index in [1.165, 1.54) is 61.9 Å². The number of ether oxygens (including phenoxy) is 1. The summed E-state index contributed by atoms with van der Waals surface area (Å²) in [6, 6.07) is 17.5. The largest absolute Gasteiger partial charge is 0.484 e. The molecule has 0 unspecified atom stereocenters. The van der Waals surface area contributed by atoms with E-state index in [-0.39, 0.29) is 6.10 Å². The minimum Gasteiger partial charge on any atom is -0.484 e. The fourth-order valence-electron chi connectivity index (χ4n) is 4.68. The minimum atomic E-state index is 0.216. The summed E-state index contributed by atoms with van der Waals surface area (Å²) < 4.78 is 7.66. The van der Waals surface area contributed by atoms with Crippen LogP contribution >= 0.6 is 0 Å². The summed E-state index contributed by atoms with van der Waals surface area (Å²) in [4.78, 5) is 0. The lowest BCUT2D eigenvalue weighted by Crippen LogP contribution is -2.53. The maximum atomic E-state index is 6.50. The van der Waals surface area contributed by atoms with Crippen LogP contribution in [0.5, 0.6) is 5.75 Å². The van der Waals surface area contributed by atoms with E-state index in [4.69, 9.17) is 4.74 Å². The molecular weight excluding hydrogens is 330 g/mol. The third-order valence-corrected chi connectivity index (χ3v) is 6.00. The molecule has 3 rings (SSSR count). The predicted octanol–water partition coefficient (Wildman–Crippen LogP) is 6.05. The van der Waals surface area contributed by atoms with Crippen LogP contribution < -0.4 is 4.74 Å². The summed E-state index contributed by atoms with van der Waals surface area (Å²) >= 11 is 0. The highest BCUT2D eigenvalue weighted by Gasteiger charge is 2.31. The third kappa shape index (κ3) is 5.59. The Bertz CT molecular complexity index is 681. The van der Waals surface area contributed by atoms with Crippen molar-refractivity contribution in [3.8, 4) is 5.75 Å². The molecule has 146 valence electrons. The Morgan fingerprint density at radius 3 is 2.04 bits per heavy atom. The van der Waals surface area contributed by atoms with Crippen molar-refractivity contribution in [1.29, 1.82) is 0 Å². The van der Waals surface area contributed by atoms with E-state index in [9.17, 15) is 0 Å². The van der Waals surface area contributed by atoms with Crippen molar-refractivity contribution in [2.45, 2.75) is 65.5 Å². The minimum absolute atomic E-state index is 0.216. The summed E-state index contributed by atoms with van der Waals surface area (Å²) in [6.07, 6.45) is 7.04. The van der Waals surface area contributed by atoms with Crippen LogP contribution in [0.15, 0.2) is 48.5 Å². The number of nitrogens with zero attached hydrogens (tertiary/aromatic N) is 1. The number of likely N-dealkylation sites (tertiary alicyclic amines) is 1. The molecule has 1 atom stereocenters. The molecule has 1 heterocycles. The molecule has 1 fully saturated rings. The van der Waals surface area contributed by atoms with Gasteiger partial charge >= 0.3 is 0 Å². The van der Waals surface area contributed by atoms with Gasteiger partial charge in [0.25, 0.3) is 0 Å². The van der Waals surface area contributed by atoms with Gasteiger partial charge in [0.15, 0.2) is 0 Å². The molecule has 2 heteroatoms. The molecule has 1 aliphatic rings. The van der Waals surface area contributed by atoms with Crippen LogP contribution in [0.2, 0.25) is 0 Å². The number of para-hydroxylation sites is 1. The first kappa shape index (κ1) is 19.9. The highest BCUT2D eigenvalue weighted by Crippen LogP contribution is 2.27. The van der Waals surface area contributed by atoms with Gasteiger partial charge in [0.1, 0.15) is 24.9 Å². The van der Waals surface area contributed by atoms with E-state index in [1.54, 1.807) is 0 Å². The lowest BCUT2D eigenvalue weighted by Gasteiger charge is -2.42. The first-order valence-corrected chi connectivity index (χ1v) is 10.7. The zero-order valence-electron chi connectivity index (χ0n) is 17.4. The fourth-order valence-corrected chi connectivity index (χ4v) is 4.68. The van der Waals surface area contributed by atoms with Crippen LogP contribution in [-0.2, 0) is 6.54 Å². The third-order valence-electron chi connectivity index (χ3n) is 6.00. The molecule has 27 heavy (non-hydrogen) atoms. The molecular formula is C25H36NO+. The first-order valence-electron chi connectivity index (χ1n) is 10.7. The van der Waals surface area contributed by atoms with E-state index >= 15 is 0 Å². The van der Waals surface area contributed by atoms with Crippen molar-refractivity contribution in [1.82, 2.24) is 0 Å². The van der Waals surface area contributed by atoms with Gasteiger partial charge in [-0.25, -0.2) is 0 Å². The maximum Gasteiger partial charge on any atom is 0.145 e. The summed E-state index contributed by atoms with van der Waals surface area (Å²) in [6.45, 7) is 11.3. The summed E-state index contributed by atoms with van der Waals surface area (Å²) in [5.41, 5.74) is 3.94. The lowest BCUT2D eigenvalue weighted by molar-refractivity contribution is -0.944. The van der Waals surface area contributed by atoms with Gasteiger partial charge < -0.3 is 9.22 Å². The second-order valence-electron chi connectivity index (χ2n) is 8.53. The molecule has 0 radical (unpaired) electrons. The highest BCUT2D eigenvalue weighted by molar-refractivity contribution is 5.39. The molecule has 0 bridgehead atoms. The molecule has 0 spiro atoms. The Balaban J connectivity index is 1.77. The Kier molecular flexibility index (Phi) is 6.95. The van der Waals surface area contributed by atoms with Crippen molar-refractivity contribution in [2.75, 3.05) is 19.6 Å². The highest BCUT2D eigenvalue weighted by atomic mass is 16.5. The molecule has 2 aromatic rings. The Morgan fingerprint density at radius 1 is 0.815 bits per heavy atom. The van der Waals surface area contributed by atoms with Crippen molar-refractivity contribution >= 4 is 0 Å². The molecule has 2 nitrogen and oxygen atoms in total. The summed E-state index contributed by atoms with van der Waals surface area (Å²) in [7, 11) is 0. The van der Waals surface area contributed by atoms with E-state index in [0.29, 0.717) is 0 Å². The van der Waals surface area contributed by atoms with Gasteiger partial charge in [0.2, 0.25) is 0 Å². The van der Waals surface area contributed by atoms with Crippen LogP contribution in [0.4, 0.5) is 0 Å². The Labute approximate surface area is 165 Å².